The standard InChI is InChI=1S/C20H21ClN2O/c1-13(2)12-15-4-6-16(7-5-15)14(3)20-22-19(23-24-20)17-8-10-18(21)11-9-17/h4-11,13-14H,12H2,1-3H3. The number of halogens is 1. The first-order valence-electron chi connectivity index (χ1n) is 8.21. The monoisotopic (exact) mass is 340 g/mol. The van der Waals surface area contributed by atoms with Crippen molar-refractivity contribution in [2.75, 3.05) is 0 Å². The fourth-order valence-corrected chi connectivity index (χ4v) is 2.81. The van der Waals surface area contributed by atoms with Crippen LogP contribution in [0.1, 0.15) is 43.7 Å². The first kappa shape index (κ1) is 16.7. The van der Waals surface area contributed by atoms with Crippen molar-refractivity contribution in [3.05, 3.63) is 70.6 Å². The van der Waals surface area contributed by atoms with E-state index in [1.165, 1.54) is 11.1 Å². The maximum Gasteiger partial charge on any atom is 0.234 e. The smallest absolute Gasteiger partial charge is 0.234 e. The van der Waals surface area contributed by atoms with E-state index in [9.17, 15) is 0 Å². The minimum atomic E-state index is 0.0617. The van der Waals surface area contributed by atoms with Crippen LogP contribution in [0.25, 0.3) is 11.4 Å². The Morgan fingerprint density at radius 1 is 0.958 bits per heavy atom. The maximum absolute atomic E-state index is 5.91. The van der Waals surface area contributed by atoms with Crippen molar-refractivity contribution in [3.63, 3.8) is 0 Å². The molecule has 1 unspecified atom stereocenters. The van der Waals surface area contributed by atoms with Crippen LogP contribution in [0, 0.1) is 5.92 Å². The van der Waals surface area contributed by atoms with Crippen molar-refractivity contribution >= 4 is 11.6 Å². The van der Waals surface area contributed by atoms with E-state index in [0.29, 0.717) is 22.7 Å². The number of nitrogens with zero attached hydrogens (tertiary/aromatic N) is 2. The van der Waals surface area contributed by atoms with Crippen molar-refractivity contribution < 1.29 is 4.52 Å². The molecule has 4 heteroatoms. The van der Waals surface area contributed by atoms with E-state index in [0.717, 1.165) is 12.0 Å². The molecule has 0 aliphatic heterocycles. The highest BCUT2D eigenvalue weighted by Crippen LogP contribution is 2.26. The van der Waals surface area contributed by atoms with Crippen LogP contribution in [-0.2, 0) is 6.42 Å². The second-order valence-corrected chi connectivity index (χ2v) is 6.96. The van der Waals surface area contributed by atoms with Crippen LogP contribution in [0.2, 0.25) is 5.02 Å². The molecule has 0 saturated heterocycles. The molecule has 0 aliphatic carbocycles. The Morgan fingerprint density at radius 2 is 1.62 bits per heavy atom. The van der Waals surface area contributed by atoms with Gasteiger partial charge in [0.25, 0.3) is 0 Å². The summed E-state index contributed by atoms with van der Waals surface area (Å²) in [6.07, 6.45) is 1.09. The zero-order chi connectivity index (χ0) is 17.1. The molecular formula is C20H21ClN2O. The molecular weight excluding hydrogens is 320 g/mol. The molecule has 0 N–H and O–H groups in total. The van der Waals surface area contributed by atoms with E-state index >= 15 is 0 Å². The SMILES string of the molecule is CC(C)Cc1ccc(C(C)c2nc(-c3ccc(Cl)cc3)no2)cc1. The van der Waals surface area contributed by atoms with Crippen molar-refractivity contribution in [2.45, 2.75) is 33.1 Å². The quantitative estimate of drug-likeness (QED) is 0.594. The average molecular weight is 341 g/mol. The lowest BCUT2D eigenvalue weighted by Crippen LogP contribution is -1.98. The molecule has 0 spiro atoms. The zero-order valence-electron chi connectivity index (χ0n) is 14.2. The molecule has 0 fully saturated rings. The van der Waals surface area contributed by atoms with Gasteiger partial charge in [-0.1, -0.05) is 54.9 Å². The highest BCUT2D eigenvalue weighted by Gasteiger charge is 2.17. The van der Waals surface area contributed by atoms with Gasteiger partial charge in [-0.3, -0.25) is 0 Å². The summed E-state index contributed by atoms with van der Waals surface area (Å²) in [5.41, 5.74) is 3.43. The summed E-state index contributed by atoms with van der Waals surface area (Å²) in [6, 6.07) is 16.1. The molecule has 0 radical (unpaired) electrons. The lowest BCUT2D eigenvalue weighted by Gasteiger charge is -2.09. The first-order chi connectivity index (χ1) is 11.5. The van der Waals surface area contributed by atoms with Gasteiger partial charge in [-0.25, -0.2) is 0 Å². The molecule has 2 aromatic carbocycles. The minimum absolute atomic E-state index is 0.0617. The topological polar surface area (TPSA) is 38.9 Å². The van der Waals surface area contributed by atoms with Gasteiger partial charge in [0.15, 0.2) is 0 Å². The molecule has 0 amide bonds. The predicted molar refractivity (Wildman–Crippen MR) is 97.2 cm³/mol. The number of hydrogen-bond acceptors (Lipinski definition) is 3. The van der Waals surface area contributed by atoms with Crippen LogP contribution in [0.4, 0.5) is 0 Å². The Balaban J connectivity index is 1.78. The number of hydrogen-bond donors (Lipinski definition) is 0. The molecule has 1 atom stereocenters. The summed E-state index contributed by atoms with van der Waals surface area (Å²) in [5.74, 6) is 1.93. The number of benzene rings is 2. The van der Waals surface area contributed by atoms with Gasteiger partial charge in [-0.15, -0.1) is 0 Å². The van der Waals surface area contributed by atoms with Gasteiger partial charge in [-0.05, 0) is 54.7 Å². The van der Waals surface area contributed by atoms with Crippen LogP contribution in [-0.4, -0.2) is 10.1 Å². The van der Waals surface area contributed by atoms with Gasteiger partial charge in [-0.2, -0.15) is 4.98 Å². The molecule has 3 rings (SSSR count). The summed E-state index contributed by atoms with van der Waals surface area (Å²) in [5, 5.41) is 4.78. The third-order valence-corrected chi connectivity index (χ3v) is 4.29. The fourth-order valence-electron chi connectivity index (χ4n) is 2.68. The van der Waals surface area contributed by atoms with Crippen LogP contribution < -0.4 is 0 Å². The van der Waals surface area contributed by atoms with Crippen molar-refractivity contribution in [1.29, 1.82) is 0 Å². The molecule has 1 aromatic heterocycles. The summed E-state index contributed by atoms with van der Waals surface area (Å²) < 4.78 is 5.47. The fraction of sp³-hybridized carbons (Fsp3) is 0.300. The van der Waals surface area contributed by atoms with Crippen molar-refractivity contribution in [3.8, 4) is 11.4 Å². The molecule has 0 bridgehead atoms. The average Bonchev–Trinajstić information content (AvgIpc) is 3.05. The van der Waals surface area contributed by atoms with Gasteiger partial charge in [0.05, 0.1) is 5.92 Å². The van der Waals surface area contributed by atoms with E-state index in [-0.39, 0.29) is 5.92 Å². The summed E-state index contributed by atoms with van der Waals surface area (Å²) >= 11 is 5.91. The second-order valence-electron chi connectivity index (χ2n) is 6.52. The Morgan fingerprint density at radius 3 is 2.25 bits per heavy atom. The normalized spacial score (nSPS) is 12.5. The lowest BCUT2D eigenvalue weighted by molar-refractivity contribution is 0.371. The van der Waals surface area contributed by atoms with E-state index in [1.54, 1.807) is 0 Å². The van der Waals surface area contributed by atoms with Gasteiger partial charge in [0.1, 0.15) is 0 Å². The summed E-state index contributed by atoms with van der Waals surface area (Å²) in [7, 11) is 0. The van der Waals surface area contributed by atoms with Crippen LogP contribution in [0.3, 0.4) is 0 Å². The molecule has 124 valence electrons. The highest BCUT2D eigenvalue weighted by molar-refractivity contribution is 6.30. The molecule has 1 heterocycles. The summed E-state index contributed by atoms with van der Waals surface area (Å²) in [4.78, 5) is 4.54. The Hall–Kier alpha value is -2.13. The number of aromatic nitrogens is 2. The van der Waals surface area contributed by atoms with Gasteiger partial charge < -0.3 is 4.52 Å². The molecule has 0 saturated carbocycles. The molecule has 0 aliphatic rings. The summed E-state index contributed by atoms with van der Waals surface area (Å²) in [6.45, 7) is 6.54. The second kappa shape index (κ2) is 7.18. The van der Waals surface area contributed by atoms with Crippen molar-refractivity contribution in [2.24, 2.45) is 5.92 Å². The van der Waals surface area contributed by atoms with Gasteiger partial charge in [0, 0.05) is 10.6 Å². The zero-order valence-corrected chi connectivity index (χ0v) is 14.9. The van der Waals surface area contributed by atoms with E-state index < -0.39 is 0 Å². The highest BCUT2D eigenvalue weighted by atomic mass is 35.5. The third kappa shape index (κ3) is 3.85. The van der Waals surface area contributed by atoms with E-state index in [4.69, 9.17) is 16.1 Å². The van der Waals surface area contributed by atoms with Crippen LogP contribution in [0.5, 0.6) is 0 Å². The van der Waals surface area contributed by atoms with Crippen molar-refractivity contribution in [1.82, 2.24) is 10.1 Å². The number of rotatable bonds is 5. The largest absolute Gasteiger partial charge is 0.338 e. The third-order valence-electron chi connectivity index (χ3n) is 4.04. The Bertz CT molecular complexity index is 791. The Kier molecular flexibility index (Phi) is 5.00. The first-order valence-corrected chi connectivity index (χ1v) is 8.59. The molecule has 24 heavy (non-hydrogen) atoms. The van der Waals surface area contributed by atoms with E-state index in [1.807, 2.05) is 24.3 Å². The minimum Gasteiger partial charge on any atom is -0.338 e. The van der Waals surface area contributed by atoms with Crippen LogP contribution >= 0.6 is 11.6 Å². The molecule has 3 aromatic rings. The predicted octanol–water partition coefficient (Wildman–Crippen LogP) is 5.74. The van der Waals surface area contributed by atoms with Gasteiger partial charge in [0.2, 0.25) is 11.7 Å². The lowest BCUT2D eigenvalue weighted by atomic mass is 9.97. The van der Waals surface area contributed by atoms with Gasteiger partial charge >= 0.3 is 0 Å². The maximum atomic E-state index is 5.91. The van der Waals surface area contributed by atoms with Crippen LogP contribution in [0.15, 0.2) is 53.1 Å². The van der Waals surface area contributed by atoms with E-state index in [2.05, 4.69) is 55.2 Å². The molecule has 3 nitrogen and oxygen atoms in total. The Labute approximate surface area is 147 Å².